The minimum absolute atomic E-state index is 0.00321. The van der Waals surface area contributed by atoms with E-state index in [9.17, 15) is 24.6 Å². The van der Waals surface area contributed by atoms with Crippen LogP contribution in [0.1, 0.15) is 49.7 Å². The van der Waals surface area contributed by atoms with E-state index in [4.69, 9.17) is 11.5 Å². The molecular weight excluding hydrogens is 524 g/mol. The fourth-order valence-electron chi connectivity index (χ4n) is 5.63. The van der Waals surface area contributed by atoms with Crippen LogP contribution in [-0.2, 0) is 27.2 Å². The normalized spacial score (nSPS) is 25.3. The molecule has 2 unspecified atom stereocenters. The smallest absolute Gasteiger partial charge is 0.243 e. The molecule has 0 aromatic heterocycles. The number of hydrogen-bond donors (Lipinski definition) is 8. The molecule has 1 saturated carbocycles. The highest BCUT2D eigenvalue weighted by Gasteiger charge is 2.31. The predicted molar refractivity (Wildman–Crippen MR) is 156 cm³/mol. The van der Waals surface area contributed by atoms with Crippen molar-refractivity contribution in [3.05, 3.63) is 47.5 Å². The maximum absolute atomic E-state index is 13.6. The molecule has 0 saturated heterocycles. The standard InChI is InChI=1S/C30H42N6O5/c1-33-24-14-19-12-17(7-9-26(19)37)18-8-10-27(38)20(13-18)15-25(30(41)34-22-5-2-4-21(32)16-22)36-28(39)23(6-3-11-31)35-29(24)40/h7-10,12-13,21-25,33,37-38H,2-6,11,14-16,31-32H2,1H3,(H,34,41)(H,35,40)(H,36,39)/t21?,22?,23-,24-,25-/m0/s1. The fraction of sp³-hybridized carbons (Fsp3) is 0.500. The van der Waals surface area contributed by atoms with Crippen molar-refractivity contribution in [1.29, 1.82) is 0 Å². The second-order valence-corrected chi connectivity index (χ2v) is 11.1. The molecule has 1 aliphatic heterocycles. The van der Waals surface area contributed by atoms with E-state index in [1.807, 2.05) is 0 Å². The van der Waals surface area contributed by atoms with Gasteiger partial charge in [-0.15, -0.1) is 0 Å². The lowest BCUT2D eigenvalue weighted by Gasteiger charge is -2.30. The summed E-state index contributed by atoms with van der Waals surface area (Å²) in [6.45, 7) is 0.322. The van der Waals surface area contributed by atoms with Crippen molar-refractivity contribution in [2.24, 2.45) is 11.5 Å². The lowest BCUT2D eigenvalue weighted by atomic mass is 9.91. The monoisotopic (exact) mass is 566 g/mol. The van der Waals surface area contributed by atoms with Crippen LogP contribution in [0.5, 0.6) is 11.5 Å². The van der Waals surface area contributed by atoms with Crippen LogP contribution in [0.15, 0.2) is 36.4 Å². The van der Waals surface area contributed by atoms with E-state index in [2.05, 4.69) is 21.3 Å². The Morgan fingerprint density at radius 2 is 1.63 bits per heavy atom. The van der Waals surface area contributed by atoms with Gasteiger partial charge in [0.15, 0.2) is 0 Å². The van der Waals surface area contributed by atoms with E-state index in [1.165, 1.54) is 0 Å². The van der Waals surface area contributed by atoms with Crippen LogP contribution in [0.25, 0.3) is 11.1 Å². The number of carbonyl (C=O) groups excluding carboxylic acids is 3. The predicted octanol–water partition coefficient (Wildman–Crippen LogP) is 0.546. The van der Waals surface area contributed by atoms with Crippen molar-refractivity contribution in [2.45, 2.75) is 81.6 Å². The van der Waals surface area contributed by atoms with Gasteiger partial charge in [-0.2, -0.15) is 0 Å². The molecular formula is C30H42N6O5. The molecule has 4 bridgehead atoms. The van der Waals surface area contributed by atoms with Crippen LogP contribution in [0.4, 0.5) is 0 Å². The Balaban J connectivity index is 1.74. The Morgan fingerprint density at radius 3 is 2.24 bits per heavy atom. The quantitative estimate of drug-likeness (QED) is 0.248. The van der Waals surface area contributed by atoms with Crippen LogP contribution in [0.3, 0.4) is 0 Å². The molecule has 41 heavy (non-hydrogen) atoms. The maximum Gasteiger partial charge on any atom is 0.243 e. The zero-order valence-corrected chi connectivity index (χ0v) is 23.5. The Labute approximate surface area is 240 Å². The zero-order chi connectivity index (χ0) is 29.5. The van der Waals surface area contributed by atoms with Crippen LogP contribution in [-0.4, -0.2) is 71.7 Å². The molecule has 1 aliphatic carbocycles. The number of phenolic OH excluding ortho intramolecular Hbond substituents is 2. The highest BCUT2D eigenvalue weighted by Crippen LogP contribution is 2.31. The average molecular weight is 567 g/mol. The molecule has 0 radical (unpaired) electrons. The lowest BCUT2D eigenvalue weighted by molar-refractivity contribution is -0.133. The molecule has 5 atom stereocenters. The molecule has 1 heterocycles. The first kappa shape index (κ1) is 30.3. The third kappa shape index (κ3) is 7.75. The Hall–Kier alpha value is -3.67. The molecule has 3 amide bonds. The van der Waals surface area contributed by atoms with Crippen molar-refractivity contribution < 1.29 is 24.6 Å². The SMILES string of the molecule is CN[C@H]1Cc2cc(ccc2O)-c2ccc(O)c(c2)C[C@@H](C(=O)NC2CCCC(N)C2)NC(=O)[C@H](CCCN)NC1=O. The molecule has 2 aromatic carbocycles. The summed E-state index contributed by atoms with van der Waals surface area (Å²) in [7, 11) is 1.64. The molecule has 11 heteroatoms. The summed E-state index contributed by atoms with van der Waals surface area (Å²) >= 11 is 0. The average Bonchev–Trinajstić information content (AvgIpc) is 2.95. The van der Waals surface area contributed by atoms with Gasteiger partial charge < -0.3 is 42.9 Å². The summed E-state index contributed by atoms with van der Waals surface area (Å²) in [6.07, 6.45) is 4.21. The van der Waals surface area contributed by atoms with Gasteiger partial charge in [0.2, 0.25) is 17.7 Å². The first-order valence-corrected chi connectivity index (χ1v) is 14.4. The second kappa shape index (κ2) is 13.8. The first-order valence-electron chi connectivity index (χ1n) is 14.4. The molecule has 4 rings (SSSR count). The van der Waals surface area contributed by atoms with Crippen LogP contribution < -0.4 is 32.7 Å². The Morgan fingerprint density at radius 1 is 0.976 bits per heavy atom. The van der Waals surface area contributed by atoms with Crippen molar-refractivity contribution >= 4 is 17.7 Å². The molecule has 2 aromatic rings. The van der Waals surface area contributed by atoms with Gasteiger partial charge in [-0.1, -0.05) is 12.1 Å². The van der Waals surface area contributed by atoms with Gasteiger partial charge in [-0.05, 0) is 98.6 Å². The number of hydrogen-bond acceptors (Lipinski definition) is 8. The number of aromatic hydroxyl groups is 2. The summed E-state index contributed by atoms with van der Waals surface area (Å²) in [5, 5.41) is 33.0. The van der Waals surface area contributed by atoms with Crippen molar-refractivity contribution in [1.82, 2.24) is 21.3 Å². The maximum atomic E-state index is 13.6. The van der Waals surface area contributed by atoms with Crippen LogP contribution in [0.2, 0.25) is 0 Å². The van der Waals surface area contributed by atoms with E-state index in [1.54, 1.807) is 43.4 Å². The highest BCUT2D eigenvalue weighted by atomic mass is 16.3. The summed E-state index contributed by atoms with van der Waals surface area (Å²) < 4.78 is 0. The third-order valence-electron chi connectivity index (χ3n) is 8.03. The van der Waals surface area contributed by atoms with E-state index in [-0.39, 0.29) is 48.8 Å². The Bertz CT molecular complexity index is 1250. The second-order valence-electron chi connectivity index (χ2n) is 11.1. The third-order valence-corrected chi connectivity index (χ3v) is 8.03. The lowest BCUT2D eigenvalue weighted by Crippen LogP contribution is -2.57. The number of nitrogens with two attached hydrogens (primary N) is 2. The van der Waals surface area contributed by atoms with Gasteiger partial charge in [0.05, 0.1) is 6.04 Å². The van der Waals surface area contributed by atoms with Gasteiger partial charge in [-0.25, -0.2) is 0 Å². The number of benzene rings is 2. The highest BCUT2D eigenvalue weighted by molar-refractivity contribution is 5.93. The fourth-order valence-corrected chi connectivity index (χ4v) is 5.63. The van der Waals surface area contributed by atoms with E-state index in [0.29, 0.717) is 30.5 Å². The van der Waals surface area contributed by atoms with Crippen molar-refractivity contribution in [3.8, 4) is 22.6 Å². The van der Waals surface area contributed by atoms with Gasteiger partial charge in [0, 0.05) is 24.9 Å². The zero-order valence-electron chi connectivity index (χ0n) is 23.5. The van der Waals surface area contributed by atoms with E-state index >= 15 is 0 Å². The van der Waals surface area contributed by atoms with Crippen molar-refractivity contribution in [3.63, 3.8) is 0 Å². The topological polar surface area (TPSA) is 192 Å². The summed E-state index contributed by atoms with van der Waals surface area (Å²) in [4.78, 5) is 40.5. The number of carbonyl (C=O) groups is 3. The molecule has 10 N–H and O–H groups in total. The molecule has 222 valence electrons. The first-order chi connectivity index (χ1) is 19.7. The summed E-state index contributed by atoms with van der Waals surface area (Å²) in [5.41, 5.74) is 14.4. The summed E-state index contributed by atoms with van der Waals surface area (Å²) in [5.74, 6) is -1.28. The van der Waals surface area contributed by atoms with Crippen LogP contribution >= 0.6 is 0 Å². The number of rotatable bonds is 6. The minimum atomic E-state index is -1.01. The number of nitrogens with one attached hydrogen (secondary N) is 4. The summed E-state index contributed by atoms with van der Waals surface area (Å²) in [6, 6.07) is 7.40. The Kier molecular flexibility index (Phi) is 10.2. The van der Waals surface area contributed by atoms with Gasteiger partial charge in [0.25, 0.3) is 0 Å². The van der Waals surface area contributed by atoms with Crippen LogP contribution in [0, 0.1) is 0 Å². The van der Waals surface area contributed by atoms with Gasteiger partial charge in [0.1, 0.15) is 23.6 Å². The van der Waals surface area contributed by atoms with Gasteiger partial charge in [-0.3, -0.25) is 14.4 Å². The number of phenols is 2. The van der Waals surface area contributed by atoms with Gasteiger partial charge >= 0.3 is 0 Å². The molecule has 2 aliphatic rings. The minimum Gasteiger partial charge on any atom is -0.508 e. The largest absolute Gasteiger partial charge is 0.508 e. The van der Waals surface area contributed by atoms with Crippen molar-refractivity contribution in [2.75, 3.05) is 13.6 Å². The van der Waals surface area contributed by atoms with E-state index < -0.39 is 29.9 Å². The number of likely N-dealkylation sites (N-methyl/N-ethyl adjacent to an activating group) is 1. The molecule has 1 fully saturated rings. The number of amides is 3. The molecule has 11 nitrogen and oxygen atoms in total. The molecule has 0 spiro atoms. The number of fused-ring (bicyclic) bond motifs is 5. The van der Waals surface area contributed by atoms with E-state index in [0.717, 1.165) is 30.4 Å².